The molecule has 2 aromatic carbocycles. The molecule has 0 atom stereocenters. The van der Waals surface area contributed by atoms with Gasteiger partial charge >= 0.3 is 0 Å². The molecule has 8 nitrogen and oxygen atoms in total. The number of nitrogens with zero attached hydrogens (tertiary/aromatic N) is 3. The van der Waals surface area contributed by atoms with Crippen molar-refractivity contribution in [1.82, 2.24) is 9.21 Å². The number of rotatable bonds is 6. The maximum atomic E-state index is 12.8. The molecule has 0 radical (unpaired) electrons. The van der Waals surface area contributed by atoms with Crippen LogP contribution in [0, 0.1) is 0 Å². The Bertz CT molecular complexity index is 1080. The topological polar surface area (TPSA) is 90.0 Å². The fourth-order valence-corrected chi connectivity index (χ4v) is 5.42. The number of benzene rings is 2. The van der Waals surface area contributed by atoms with Gasteiger partial charge in [-0.15, -0.1) is 0 Å². The third kappa shape index (κ3) is 5.01. The van der Waals surface area contributed by atoms with Gasteiger partial charge in [0.05, 0.1) is 11.3 Å². The summed E-state index contributed by atoms with van der Waals surface area (Å²) >= 11 is 0. The second-order valence-corrected chi connectivity index (χ2v) is 10.2. The van der Waals surface area contributed by atoms with Crippen molar-refractivity contribution < 1.29 is 18.0 Å². The van der Waals surface area contributed by atoms with Crippen molar-refractivity contribution in [2.45, 2.75) is 24.2 Å². The van der Waals surface area contributed by atoms with Crippen molar-refractivity contribution in [3.8, 4) is 0 Å². The maximum absolute atomic E-state index is 12.8. The minimum atomic E-state index is -3.53. The summed E-state index contributed by atoms with van der Waals surface area (Å²) in [6, 6.07) is 13.7. The molecule has 0 bridgehead atoms. The number of carbonyl (C=O) groups is 2. The monoisotopic (exact) mass is 456 g/mol. The summed E-state index contributed by atoms with van der Waals surface area (Å²) in [5.41, 5.74) is 2.24. The number of nitrogens with one attached hydrogen (secondary N) is 1. The fourth-order valence-electron chi connectivity index (χ4n) is 3.99. The third-order valence-corrected chi connectivity index (χ3v) is 7.84. The zero-order valence-corrected chi connectivity index (χ0v) is 19.0. The highest BCUT2D eigenvalue weighted by Crippen LogP contribution is 2.22. The van der Waals surface area contributed by atoms with Crippen LogP contribution in [-0.2, 0) is 26.0 Å². The van der Waals surface area contributed by atoms with Gasteiger partial charge in [-0.05, 0) is 55.4 Å². The zero-order valence-electron chi connectivity index (χ0n) is 18.2. The highest BCUT2D eigenvalue weighted by molar-refractivity contribution is 7.89. The highest BCUT2D eigenvalue weighted by Gasteiger charge is 2.27. The van der Waals surface area contributed by atoms with E-state index < -0.39 is 10.0 Å². The quantitative estimate of drug-likeness (QED) is 0.718. The number of hydrogen-bond donors (Lipinski definition) is 1. The molecule has 9 heteroatoms. The minimum Gasteiger partial charge on any atom is -0.326 e. The summed E-state index contributed by atoms with van der Waals surface area (Å²) < 4.78 is 27.1. The Labute approximate surface area is 188 Å². The van der Waals surface area contributed by atoms with Gasteiger partial charge in [-0.2, -0.15) is 4.31 Å². The molecular formula is C23H28N4O4S. The van der Waals surface area contributed by atoms with Gasteiger partial charge in [0.2, 0.25) is 21.8 Å². The predicted octanol–water partition coefficient (Wildman–Crippen LogP) is 1.93. The Kier molecular flexibility index (Phi) is 6.59. The van der Waals surface area contributed by atoms with Crippen molar-refractivity contribution >= 4 is 33.2 Å². The standard InChI is InChI=1S/C23H28N4O4S/c1-25-13-15-26(16-14-25)32(30,31)21-10-6-19(7-11-21)24-22(28)17-18-4-8-20(9-5-18)27-12-2-3-23(27)29/h4-11H,2-3,12-17H2,1H3,(H,24,28). The summed E-state index contributed by atoms with van der Waals surface area (Å²) in [6.07, 6.45) is 1.65. The summed E-state index contributed by atoms with van der Waals surface area (Å²) in [7, 11) is -1.55. The van der Waals surface area contributed by atoms with Crippen molar-refractivity contribution in [3.63, 3.8) is 0 Å². The van der Waals surface area contributed by atoms with E-state index in [1.54, 1.807) is 17.0 Å². The largest absolute Gasteiger partial charge is 0.326 e. The van der Waals surface area contributed by atoms with Gasteiger partial charge in [-0.1, -0.05) is 12.1 Å². The molecular weight excluding hydrogens is 428 g/mol. The van der Waals surface area contributed by atoms with E-state index in [9.17, 15) is 18.0 Å². The van der Waals surface area contributed by atoms with Crippen LogP contribution in [0.15, 0.2) is 53.4 Å². The molecule has 2 fully saturated rings. The first-order valence-corrected chi connectivity index (χ1v) is 12.2. The molecule has 2 heterocycles. The Balaban J connectivity index is 1.34. The number of piperazine rings is 1. The minimum absolute atomic E-state index is 0.133. The molecule has 32 heavy (non-hydrogen) atoms. The van der Waals surface area contributed by atoms with Crippen molar-refractivity contribution in [2.75, 3.05) is 50.0 Å². The van der Waals surface area contributed by atoms with E-state index in [4.69, 9.17) is 0 Å². The lowest BCUT2D eigenvalue weighted by Crippen LogP contribution is -2.46. The first-order valence-electron chi connectivity index (χ1n) is 10.8. The molecule has 2 amide bonds. The van der Waals surface area contributed by atoms with E-state index in [0.717, 1.165) is 24.2 Å². The number of amides is 2. The summed E-state index contributed by atoms with van der Waals surface area (Å²) in [6.45, 7) is 3.11. The van der Waals surface area contributed by atoms with Gasteiger partial charge in [0.1, 0.15) is 0 Å². The maximum Gasteiger partial charge on any atom is 0.243 e. The van der Waals surface area contributed by atoms with Crippen LogP contribution in [-0.4, -0.2) is 69.2 Å². The normalized spacial score (nSPS) is 18.2. The summed E-state index contributed by atoms with van der Waals surface area (Å²) in [4.78, 5) is 28.4. The Morgan fingerprint density at radius 1 is 0.938 bits per heavy atom. The van der Waals surface area contributed by atoms with Crippen LogP contribution in [0.3, 0.4) is 0 Å². The van der Waals surface area contributed by atoms with E-state index in [-0.39, 0.29) is 23.1 Å². The molecule has 4 rings (SSSR count). The smallest absolute Gasteiger partial charge is 0.243 e. The molecule has 2 saturated heterocycles. The van der Waals surface area contributed by atoms with Gasteiger partial charge in [0.15, 0.2) is 0 Å². The Hall–Kier alpha value is -2.75. The van der Waals surface area contributed by atoms with E-state index in [1.165, 1.54) is 16.4 Å². The van der Waals surface area contributed by atoms with Gasteiger partial charge in [-0.3, -0.25) is 9.59 Å². The number of carbonyl (C=O) groups excluding carboxylic acids is 2. The number of likely N-dealkylation sites (N-methyl/N-ethyl adjacent to an activating group) is 1. The molecule has 0 spiro atoms. The molecule has 1 N–H and O–H groups in total. The second-order valence-electron chi connectivity index (χ2n) is 8.27. The van der Waals surface area contributed by atoms with Crippen LogP contribution >= 0.6 is 0 Å². The molecule has 0 aromatic heterocycles. The number of hydrogen-bond acceptors (Lipinski definition) is 5. The van der Waals surface area contributed by atoms with Crippen LogP contribution in [0.1, 0.15) is 18.4 Å². The van der Waals surface area contributed by atoms with Crippen LogP contribution in [0.4, 0.5) is 11.4 Å². The average molecular weight is 457 g/mol. The van der Waals surface area contributed by atoms with E-state index in [1.807, 2.05) is 31.3 Å². The lowest BCUT2D eigenvalue weighted by Gasteiger charge is -2.31. The molecule has 0 unspecified atom stereocenters. The lowest BCUT2D eigenvalue weighted by atomic mass is 10.1. The van der Waals surface area contributed by atoms with Gasteiger partial charge in [0.25, 0.3) is 0 Å². The summed E-state index contributed by atoms with van der Waals surface area (Å²) in [5.74, 6) is -0.0572. The van der Waals surface area contributed by atoms with E-state index in [0.29, 0.717) is 38.3 Å². The number of anilines is 2. The van der Waals surface area contributed by atoms with Crippen molar-refractivity contribution in [1.29, 1.82) is 0 Å². The molecule has 2 aromatic rings. The molecule has 2 aliphatic heterocycles. The molecule has 0 aliphatic carbocycles. The lowest BCUT2D eigenvalue weighted by molar-refractivity contribution is -0.117. The average Bonchev–Trinajstić information content (AvgIpc) is 3.21. The Morgan fingerprint density at radius 3 is 2.19 bits per heavy atom. The number of sulfonamides is 1. The molecule has 0 saturated carbocycles. The Morgan fingerprint density at radius 2 is 1.59 bits per heavy atom. The zero-order chi connectivity index (χ0) is 22.7. The third-order valence-electron chi connectivity index (χ3n) is 5.92. The van der Waals surface area contributed by atoms with Gasteiger partial charge in [-0.25, -0.2) is 8.42 Å². The van der Waals surface area contributed by atoms with Crippen LogP contribution in [0.2, 0.25) is 0 Å². The van der Waals surface area contributed by atoms with Gasteiger partial charge < -0.3 is 15.1 Å². The molecule has 170 valence electrons. The van der Waals surface area contributed by atoms with Crippen LogP contribution in [0.25, 0.3) is 0 Å². The van der Waals surface area contributed by atoms with Gasteiger partial charge in [0, 0.05) is 50.5 Å². The second kappa shape index (κ2) is 9.40. The van der Waals surface area contributed by atoms with Crippen LogP contribution < -0.4 is 10.2 Å². The van der Waals surface area contributed by atoms with Crippen molar-refractivity contribution in [2.24, 2.45) is 0 Å². The fraction of sp³-hybridized carbons (Fsp3) is 0.391. The van der Waals surface area contributed by atoms with Crippen molar-refractivity contribution in [3.05, 3.63) is 54.1 Å². The predicted molar refractivity (Wildman–Crippen MR) is 123 cm³/mol. The first kappa shape index (κ1) is 22.4. The van der Waals surface area contributed by atoms with E-state index >= 15 is 0 Å². The SMILES string of the molecule is CN1CCN(S(=O)(=O)c2ccc(NC(=O)Cc3ccc(N4CCCC4=O)cc3)cc2)CC1. The first-order chi connectivity index (χ1) is 15.3. The summed E-state index contributed by atoms with van der Waals surface area (Å²) in [5, 5.41) is 2.81. The van der Waals surface area contributed by atoms with Crippen LogP contribution in [0.5, 0.6) is 0 Å². The molecule has 2 aliphatic rings. The highest BCUT2D eigenvalue weighted by atomic mass is 32.2. The van der Waals surface area contributed by atoms with E-state index in [2.05, 4.69) is 10.2 Å².